The molecule has 0 bridgehead atoms. The second-order valence-electron chi connectivity index (χ2n) is 11.3. The molecule has 0 N–H and O–H groups in total. The standard InChI is InChI=1S/C32H31F2N3O9S/c1-4-43-30(40)32(2,3)46-31(41)45-17-44-28-22(38)11-12-36-27(28)29(39)35-13-14-42-15-24(35)37(36)26-18-9-10-21(33)25(34)20(18)16-47-23-8-6-5-7-19(23)26/h5-12,24,26H,4,13-17H2,1-3H3/t24-,26+/m1/s1. The number of ether oxygens (including phenoxy) is 5. The van der Waals surface area contributed by atoms with Gasteiger partial charge in [-0.05, 0) is 44.0 Å². The van der Waals surface area contributed by atoms with Gasteiger partial charge in [-0.15, -0.1) is 11.8 Å². The number of pyridine rings is 1. The molecule has 3 aliphatic heterocycles. The molecule has 6 rings (SSSR count). The number of morpholine rings is 1. The van der Waals surface area contributed by atoms with Crippen LogP contribution in [0.3, 0.4) is 0 Å². The van der Waals surface area contributed by atoms with Crippen LogP contribution < -0.4 is 15.2 Å². The van der Waals surface area contributed by atoms with E-state index in [0.29, 0.717) is 5.56 Å². The highest BCUT2D eigenvalue weighted by molar-refractivity contribution is 7.98. The van der Waals surface area contributed by atoms with E-state index >= 15 is 4.39 Å². The molecule has 0 radical (unpaired) electrons. The Morgan fingerprint density at radius 2 is 1.85 bits per heavy atom. The maximum absolute atomic E-state index is 15.4. The van der Waals surface area contributed by atoms with Gasteiger partial charge in [0.05, 0.1) is 25.9 Å². The molecular formula is C32H31F2N3O9S. The van der Waals surface area contributed by atoms with Crippen LogP contribution in [-0.4, -0.2) is 72.5 Å². The average molecular weight is 672 g/mol. The number of fused-ring (bicyclic) bond motifs is 4. The Morgan fingerprint density at radius 3 is 2.64 bits per heavy atom. The fourth-order valence-corrected chi connectivity index (χ4v) is 6.95. The highest BCUT2D eigenvalue weighted by atomic mass is 32.2. The third-order valence-corrected chi connectivity index (χ3v) is 9.13. The number of rotatable bonds is 7. The lowest BCUT2D eigenvalue weighted by atomic mass is 9.93. The van der Waals surface area contributed by atoms with E-state index in [1.807, 2.05) is 24.3 Å². The fourth-order valence-electron chi connectivity index (χ4n) is 5.83. The van der Waals surface area contributed by atoms with Gasteiger partial charge in [0, 0.05) is 35.0 Å². The molecule has 0 spiro atoms. The molecule has 248 valence electrons. The Balaban J connectivity index is 1.41. The minimum absolute atomic E-state index is 0.0740. The van der Waals surface area contributed by atoms with Crippen molar-refractivity contribution in [3.63, 3.8) is 0 Å². The molecule has 0 aliphatic carbocycles. The maximum atomic E-state index is 15.4. The van der Waals surface area contributed by atoms with Gasteiger partial charge in [-0.2, -0.15) is 0 Å². The van der Waals surface area contributed by atoms with Gasteiger partial charge in [-0.25, -0.2) is 18.4 Å². The third-order valence-electron chi connectivity index (χ3n) is 8.02. The topological polar surface area (TPSA) is 126 Å². The first-order valence-electron chi connectivity index (χ1n) is 14.8. The summed E-state index contributed by atoms with van der Waals surface area (Å²) in [4.78, 5) is 54.1. The van der Waals surface area contributed by atoms with Crippen molar-refractivity contribution in [2.75, 3.05) is 38.2 Å². The van der Waals surface area contributed by atoms with E-state index in [-0.39, 0.29) is 43.4 Å². The molecule has 12 nitrogen and oxygen atoms in total. The molecule has 1 fully saturated rings. The number of aromatic nitrogens is 1. The smallest absolute Gasteiger partial charge is 0.463 e. The van der Waals surface area contributed by atoms with Gasteiger partial charge in [-0.1, -0.05) is 24.3 Å². The summed E-state index contributed by atoms with van der Waals surface area (Å²) in [6.45, 7) is 3.96. The van der Waals surface area contributed by atoms with Crippen LogP contribution in [0.1, 0.15) is 54.0 Å². The quantitative estimate of drug-likeness (QED) is 0.266. The van der Waals surface area contributed by atoms with Crippen molar-refractivity contribution >= 4 is 29.8 Å². The summed E-state index contributed by atoms with van der Waals surface area (Å²) >= 11 is 1.36. The normalized spacial score (nSPS) is 18.6. The van der Waals surface area contributed by atoms with Gasteiger partial charge in [0.1, 0.15) is 6.17 Å². The van der Waals surface area contributed by atoms with Crippen molar-refractivity contribution in [2.45, 2.75) is 49.2 Å². The molecule has 2 aromatic carbocycles. The van der Waals surface area contributed by atoms with Crippen molar-refractivity contribution in [1.82, 2.24) is 9.58 Å². The largest absolute Gasteiger partial charge is 0.512 e. The molecule has 2 atom stereocenters. The van der Waals surface area contributed by atoms with E-state index in [2.05, 4.69) is 0 Å². The molecule has 0 saturated carbocycles. The van der Waals surface area contributed by atoms with Crippen molar-refractivity contribution < 1.29 is 46.8 Å². The van der Waals surface area contributed by atoms with Crippen LogP contribution >= 0.6 is 11.8 Å². The SMILES string of the molecule is CCOC(=O)C(C)(C)OC(=O)OCOc1c2n(ccc1=O)N([C@@H]1c3ccccc3SCc3c1ccc(F)c3F)[C@@H]1COCCN1C2=O. The summed E-state index contributed by atoms with van der Waals surface area (Å²) < 4.78 is 57.8. The molecule has 1 saturated heterocycles. The maximum Gasteiger partial charge on any atom is 0.512 e. The van der Waals surface area contributed by atoms with Crippen molar-refractivity contribution in [2.24, 2.45) is 0 Å². The molecule has 3 aliphatic rings. The number of thioether (sulfide) groups is 1. The Kier molecular flexibility index (Phi) is 8.85. The summed E-state index contributed by atoms with van der Waals surface area (Å²) in [5.74, 6) is -3.52. The molecular weight excluding hydrogens is 640 g/mol. The lowest BCUT2D eigenvalue weighted by molar-refractivity contribution is -0.164. The molecule has 3 aromatic rings. The molecule has 47 heavy (non-hydrogen) atoms. The van der Waals surface area contributed by atoms with Crippen LogP contribution in [-0.2, 0) is 29.5 Å². The molecule has 0 unspecified atom stereocenters. The van der Waals surface area contributed by atoms with Gasteiger partial charge < -0.3 is 28.6 Å². The highest BCUT2D eigenvalue weighted by Gasteiger charge is 2.46. The molecule has 1 aromatic heterocycles. The first-order chi connectivity index (χ1) is 22.5. The number of hydrogen-bond acceptors (Lipinski definition) is 11. The number of carbonyl (C=O) groups is 3. The van der Waals surface area contributed by atoms with E-state index in [1.54, 1.807) is 11.9 Å². The molecule has 1 amide bonds. The average Bonchev–Trinajstić information content (AvgIpc) is 3.21. The number of carbonyl (C=O) groups excluding carboxylic acids is 3. The Labute approximate surface area is 272 Å². The molecule has 15 heteroatoms. The van der Waals surface area contributed by atoms with E-state index in [1.165, 1.54) is 53.5 Å². The van der Waals surface area contributed by atoms with E-state index < -0.39 is 65.4 Å². The Hall–Kier alpha value is -4.63. The van der Waals surface area contributed by atoms with Gasteiger partial charge in [-0.3, -0.25) is 19.3 Å². The summed E-state index contributed by atoms with van der Waals surface area (Å²) in [6, 6.07) is 10.5. The second-order valence-corrected chi connectivity index (χ2v) is 12.3. The van der Waals surface area contributed by atoms with Crippen LogP contribution in [0, 0.1) is 11.6 Å². The predicted molar refractivity (Wildman–Crippen MR) is 163 cm³/mol. The third kappa shape index (κ3) is 5.89. The summed E-state index contributed by atoms with van der Waals surface area (Å²) in [7, 11) is 0. The highest BCUT2D eigenvalue weighted by Crippen LogP contribution is 2.45. The second kappa shape index (κ2) is 12.9. The number of nitrogens with zero attached hydrogens (tertiary/aromatic N) is 3. The fraction of sp³-hybridized carbons (Fsp3) is 0.375. The van der Waals surface area contributed by atoms with Crippen LogP contribution in [0.25, 0.3) is 0 Å². The zero-order valence-corrected chi connectivity index (χ0v) is 26.5. The van der Waals surface area contributed by atoms with Crippen molar-refractivity contribution in [1.29, 1.82) is 0 Å². The van der Waals surface area contributed by atoms with Crippen LogP contribution in [0.4, 0.5) is 13.6 Å². The number of benzene rings is 2. The van der Waals surface area contributed by atoms with Crippen LogP contribution in [0.15, 0.2) is 58.4 Å². The number of amides is 1. The summed E-state index contributed by atoms with van der Waals surface area (Å²) in [5, 5.41) is 1.79. The van der Waals surface area contributed by atoms with Crippen molar-refractivity contribution in [3.8, 4) is 5.75 Å². The lowest BCUT2D eigenvalue weighted by Gasteiger charge is -2.51. The van der Waals surface area contributed by atoms with E-state index in [9.17, 15) is 23.6 Å². The monoisotopic (exact) mass is 671 g/mol. The van der Waals surface area contributed by atoms with E-state index in [4.69, 9.17) is 23.7 Å². The van der Waals surface area contributed by atoms with E-state index in [0.717, 1.165) is 16.5 Å². The minimum atomic E-state index is -1.66. The predicted octanol–water partition coefficient (Wildman–Crippen LogP) is 4.10. The molecule has 4 heterocycles. The zero-order valence-electron chi connectivity index (χ0n) is 25.7. The van der Waals surface area contributed by atoms with Gasteiger partial charge in [0.25, 0.3) is 5.91 Å². The van der Waals surface area contributed by atoms with Crippen LogP contribution in [0.2, 0.25) is 0 Å². The zero-order chi connectivity index (χ0) is 33.5. The van der Waals surface area contributed by atoms with Gasteiger partial charge in [0.2, 0.25) is 23.6 Å². The van der Waals surface area contributed by atoms with Crippen LogP contribution in [0.5, 0.6) is 5.75 Å². The van der Waals surface area contributed by atoms with Gasteiger partial charge >= 0.3 is 12.1 Å². The number of esters is 1. The lowest BCUT2D eigenvalue weighted by Crippen LogP contribution is -2.66. The first kappa shape index (κ1) is 32.3. The first-order valence-corrected chi connectivity index (χ1v) is 15.8. The summed E-state index contributed by atoms with van der Waals surface area (Å²) in [5.41, 5.74) is -1.09. The number of halogens is 2. The number of hydrogen-bond donors (Lipinski definition) is 0. The Bertz CT molecular complexity index is 1800. The van der Waals surface area contributed by atoms with Crippen molar-refractivity contribution in [3.05, 3.63) is 92.9 Å². The Morgan fingerprint density at radius 1 is 1.06 bits per heavy atom. The summed E-state index contributed by atoms with van der Waals surface area (Å²) in [6.07, 6.45) is -0.573. The minimum Gasteiger partial charge on any atom is -0.463 e. The van der Waals surface area contributed by atoms with Gasteiger partial charge in [0.15, 0.2) is 17.3 Å².